The van der Waals surface area contributed by atoms with E-state index >= 15 is 0 Å². The van der Waals surface area contributed by atoms with Gasteiger partial charge in [-0.3, -0.25) is 4.79 Å². The summed E-state index contributed by atoms with van der Waals surface area (Å²) >= 11 is 1.75. The highest BCUT2D eigenvalue weighted by Gasteiger charge is 2.16. The van der Waals surface area contributed by atoms with E-state index in [0.29, 0.717) is 11.6 Å². The summed E-state index contributed by atoms with van der Waals surface area (Å²) in [4.78, 5) is 11.3. The summed E-state index contributed by atoms with van der Waals surface area (Å²) in [6, 6.07) is -0.216. The number of aromatic amines is 1. The van der Waals surface area contributed by atoms with Gasteiger partial charge in [-0.15, -0.1) is 10.2 Å². The molecular weight excluding hydrogens is 358 g/mol. The Balaban J connectivity index is 2.31. The van der Waals surface area contributed by atoms with Gasteiger partial charge in [-0.25, -0.2) is 0 Å². The Morgan fingerprint density at radius 2 is 1.74 bits per heavy atom. The summed E-state index contributed by atoms with van der Waals surface area (Å²) in [5, 5.41) is 16.8. The molecule has 1 amide bonds. The van der Waals surface area contributed by atoms with E-state index < -0.39 is 0 Å². The lowest BCUT2D eigenvalue weighted by Gasteiger charge is -2.13. The molecule has 0 spiro atoms. The summed E-state index contributed by atoms with van der Waals surface area (Å²) < 4.78 is 0. The number of tetrazole rings is 1. The van der Waals surface area contributed by atoms with Crippen molar-refractivity contribution in [3.63, 3.8) is 0 Å². The smallest absolute Gasteiger partial charge is 0.217 e. The maximum absolute atomic E-state index is 11.3. The van der Waals surface area contributed by atoms with Crippen molar-refractivity contribution >= 4 is 17.7 Å². The number of carbonyl (C=O) groups is 1. The fraction of sp³-hybridized carbons (Fsp3) is 0.600. The number of allylic oxidation sites excluding steroid dienone is 5. The molecule has 0 aliphatic heterocycles. The molecule has 7 heteroatoms. The molecule has 0 fully saturated rings. The first kappa shape index (κ1) is 23.1. The van der Waals surface area contributed by atoms with Gasteiger partial charge in [-0.05, 0) is 53.4 Å². The zero-order valence-corrected chi connectivity index (χ0v) is 18.0. The minimum atomic E-state index is -0.216. The van der Waals surface area contributed by atoms with E-state index in [0.717, 1.165) is 31.4 Å². The first-order valence-electron chi connectivity index (χ1n) is 9.41. The van der Waals surface area contributed by atoms with Crippen LogP contribution in [0.3, 0.4) is 0 Å². The molecular formula is C20H33N5OS. The summed E-state index contributed by atoms with van der Waals surface area (Å²) in [7, 11) is 0. The lowest BCUT2D eigenvalue weighted by molar-refractivity contribution is -0.119. The molecule has 0 bridgehead atoms. The average Bonchev–Trinajstić information content (AvgIpc) is 3.11. The van der Waals surface area contributed by atoms with Crippen LogP contribution in [0.5, 0.6) is 0 Å². The topological polar surface area (TPSA) is 83.6 Å². The lowest BCUT2D eigenvalue weighted by Crippen LogP contribution is -2.28. The number of rotatable bonds is 12. The quantitative estimate of drug-likeness (QED) is 0.404. The van der Waals surface area contributed by atoms with Crippen LogP contribution in [-0.2, 0) is 4.79 Å². The van der Waals surface area contributed by atoms with Crippen LogP contribution in [0.2, 0.25) is 0 Å². The van der Waals surface area contributed by atoms with Crippen LogP contribution in [0.1, 0.15) is 72.2 Å². The van der Waals surface area contributed by atoms with E-state index in [1.807, 2.05) is 0 Å². The van der Waals surface area contributed by atoms with E-state index in [2.05, 4.69) is 71.9 Å². The van der Waals surface area contributed by atoms with Crippen molar-refractivity contribution in [3.8, 4) is 0 Å². The number of hydrogen-bond acceptors (Lipinski definition) is 5. The number of nitrogens with one attached hydrogen (secondary N) is 2. The number of hydrogen-bond donors (Lipinski definition) is 2. The largest absolute Gasteiger partial charge is 0.345 e. The Morgan fingerprint density at radius 3 is 2.33 bits per heavy atom. The minimum Gasteiger partial charge on any atom is -0.345 e. The molecule has 0 unspecified atom stereocenters. The molecule has 150 valence electrons. The highest BCUT2D eigenvalue weighted by Crippen LogP contribution is 2.16. The second-order valence-corrected chi connectivity index (χ2v) is 8.10. The van der Waals surface area contributed by atoms with Crippen LogP contribution >= 0.6 is 11.8 Å². The number of H-pyrrole nitrogens is 1. The predicted octanol–water partition coefficient (Wildman–Crippen LogP) is 4.53. The zero-order valence-electron chi connectivity index (χ0n) is 17.2. The number of amides is 1. The third kappa shape index (κ3) is 11.4. The number of nitrogens with zero attached hydrogens (tertiary/aromatic N) is 3. The van der Waals surface area contributed by atoms with Crippen molar-refractivity contribution in [1.82, 2.24) is 25.9 Å². The van der Waals surface area contributed by atoms with E-state index in [1.165, 1.54) is 23.6 Å². The van der Waals surface area contributed by atoms with Gasteiger partial charge in [0.1, 0.15) is 6.04 Å². The Morgan fingerprint density at radius 1 is 1.07 bits per heavy atom. The maximum atomic E-state index is 11.3. The third-order valence-electron chi connectivity index (χ3n) is 4.01. The molecule has 2 N–H and O–H groups in total. The molecule has 1 rings (SSSR count). The van der Waals surface area contributed by atoms with Gasteiger partial charge in [0.25, 0.3) is 0 Å². The van der Waals surface area contributed by atoms with Gasteiger partial charge < -0.3 is 5.32 Å². The number of aromatic nitrogens is 4. The third-order valence-corrected chi connectivity index (χ3v) is 4.98. The second kappa shape index (κ2) is 13.3. The minimum absolute atomic E-state index is 0.0936. The van der Waals surface area contributed by atoms with Crippen LogP contribution in [0.4, 0.5) is 0 Å². The first-order chi connectivity index (χ1) is 12.9. The van der Waals surface area contributed by atoms with Crippen LogP contribution in [0.25, 0.3) is 0 Å². The van der Waals surface area contributed by atoms with Crippen LogP contribution in [0.15, 0.2) is 34.9 Å². The Hall–Kier alpha value is -1.89. The highest BCUT2D eigenvalue weighted by atomic mass is 32.2. The average molecular weight is 392 g/mol. The molecule has 0 aliphatic carbocycles. The van der Waals surface area contributed by atoms with Gasteiger partial charge in [0, 0.05) is 18.4 Å². The maximum Gasteiger partial charge on any atom is 0.217 e. The van der Waals surface area contributed by atoms with E-state index in [-0.39, 0.29) is 11.9 Å². The number of thioether (sulfide) groups is 1. The first-order valence-corrected chi connectivity index (χ1v) is 10.6. The van der Waals surface area contributed by atoms with Gasteiger partial charge in [-0.2, -0.15) is 17.0 Å². The SMILES string of the molecule is CC(=O)N[C@H](CSCC=C(C)CCC=C(C)CCC=C(C)C)c1nn[nH]n1. The van der Waals surface area contributed by atoms with Crippen molar-refractivity contribution in [3.05, 3.63) is 40.8 Å². The van der Waals surface area contributed by atoms with Crippen LogP contribution in [0, 0.1) is 0 Å². The van der Waals surface area contributed by atoms with Crippen LogP contribution in [-0.4, -0.2) is 38.0 Å². The van der Waals surface area contributed by atoms with E-state index in [4.69, 9.17) is 0 Å². The Kier molecular flexibility index (Phi) is 11.4. The highest BCUT2D eigenvalue weighted by molar-refractivity contribution is 7.99. The fourth-order valence-corrected chi connectivity index (χ4v) is 3.48. The molecule has 1 heterocycles. The summed E-state index contributed by atoms with van der Waals surface area (Å²) in [6.45, 7) is 10.2. The van der Waals surface area contributed by atoms with Crippen molar-refractivity contribution in [2.45, 2.75) is 66.3 Å². The molecule has 0 aromatic carbocycles. The molecule has 1 atom stereocenters. The monoisotopic (exact) mass is 391 g/mol. The summed E-state index contributed by atoms with van der Waals surface area (Å²) in [5.41, 5.74) is 4.25. The molecule has 6 nitrogen and oxygen atoms in total. The van der Waals surface area contributed by atoms with Gasteiger partial charge in [-0.1, -0.05) is 40.2 Å². The standard InChI is InChI=1S/C20H33N5OS/c1-15(2)8-6-9-16(3)10-7-11-17(4)12-13-27-14-19(21-18(5)26)20-22-24-25-23-20/h8,10,12,19H,6-7,9,11,13-14H2,1-5H3,(H,21,26)(H,22,23,24,25)/t19-/m1/s1. The molecule has 0 radical (unpaired) electrons. The molecule has 0 aliphatic rings. The van der Waals surface area contributed by atoms with Crippen molar-refractivity contribution in [1.29, 1.82) is 0 Å². The predicted molar refractivity (Wildman–Crippen MR) is 113 cm³/mol. The lowest BCUT2D eigenvalue weighted by atomic mass is 10.1. The van der Waals surface area contributed by atoms with Gasteiger partial charge in [0.15, 0.2) is 5.82 Å². The van der Waals surface area contributed by atoms with E-state index in [1.54, 1.807) is 11.8 Å². The van der Waals surface area contributed by atoms with Crippen LogP contribution < -0.4 is 5.32 Å². The van der Waals surface area contributed by atoms with Crippen molar-refractivity contribution in [2.75, 3.05) is 11.5 Å². The second-order valence-electron chi connectivity index (χ2n) is 7.02. The Bertz CT molecular complexity index is 645. The molecule has 0 saturated heterocycles. The summed E-state index contributed by atoms with van der Waals surface area (Å²) in [6.07, 6.45) is 11.4. The van der Waals surface area contributed by atoms with Crippen molar-refractivity contribution in [2.24, 2.45) is 0 Å². The summed E-state index contributed by atoms with van der Waals surface area (Å²) in [5.74, 6) is 2.05. The molecule has 1 aromatic heterocycles. The van der Waals surface area contributed by atoms with Gasteiger partial charge >= 0.3 is 0 Å². The number of carbonyl (C=O) groups excluding carboxylic acids is 1. The van der Waals surface area contributed by atoms with Crippen molar-refractivity contribution < 1.29 is 4.79 Å². The fourth-order valence-electron chi connectivity index (χ4n) is 2.47. The normalized spacial score (nSPS) is 13.4. The molecule has 0 saturated carbocycles. The van der Waals surface area contributed by atoms with Gasteiger partial charge in [0.05, 0.1) is 0 Å². The molecule has 1 aromatic rings. The Labute approximate surface area is 167 Å². The zero-order chi connectivity index (χ0) is 20.1. The van der Waals surface area contributed by atoms with E-state index in [9.17, 15) is 4.79 Å². The molecule has 27 heavy (non-hydrogen) atoms. The van der Waals surface area contributed by atoms with Gasteiger partial charge in [0.2, 0.25) is 5.91 Å².